The average Bonchev–Trinajstić information content (AvgIpc) is 2.89. The number of nitrogens with zero attached hydrogens (tertiary/aromatic N) is 4. The zero-order chi connectivity index (χ0) is 16.3. The van der Waals surface area contributed by atoms with Crippen LogP contribution in [0.25, 0.3) is 0 Å². The minimum Gasteiger partial charge on any atom is -0.336 e. The summed E-state index contributed by atoms with van der Waals surface area (Å²) in [7, 11) is 4.02. The molecule has 2 N–H and O–H groups in total. The van der Waals surface area contributed by atoms with Crippen molar-refractivity contribution in [2.24, 2.45) is 0 Å². The highest BCUT2D eigenvalue weighted by Crippen LogP contribution is 2.23. The van der Waals surface area contributed by atoms with Crippen molar-refractivity contribution >= 4 is 6.03 Å². The highest BCUT2D eigenvalue weighted by molar-refractivity contribution is 5.74. The Morgan fingerprint density at radius 2 is 2.18 bits per heavy atom. The predicted octanol–water partition coefficient (Wildman–Crippen LogP) is 1.31. The second-order valence-corrected chi connectivity index (χ2v) is 6.69. The van der Waals surface area contributed by atoms with E-state index in [1.807, 2.05) is 25.7 Å². The molecule has 0 aliphatic carbocycles. The van der Waals surface area contributed by atoms with Crippen molar-refractivity contribution in [3.63, 3.8) is 0 Å². The molecule has 1 aromatic heterocycles. The van der Waals surface area contributed by atoms with Crippen LogP contribution in [0.15, 0.2) is 0 Å². The Morgan fingerprint density at radius 1 is 1.45 bits per heavy atom. The van der Waals surface area contributed by atoms with Crippen LogP contribution < -0.4 is 10.6 Å². The lowest BCUT2D eigenvalue weighted by Gasteiger charge is -2.33. The fraction of sp³-hybridized carbons (Fsp3) is 0.800. The average molecular weight is 308 g/mol. The van der Waals surface area contributed by atoms with Gasteiger partial charge in [-0.25, -0.2) is 14.5 Å². The smallest absolute Gasteiger partial charge is 0.315 e. The molecule has 1 aliphatic heterocycles. The number of aryl methyl sites for hydroxylation is 2. The molecule has 1 aliphatic rings. The third-order valence-electron chi connectivity index (χ3n) is 4.43. The molecule has 7 nitrogen and oxygen atoms in total. The second kappa shape index (κ2) is 6.64. The number of carbonyl (C=O) groups is 1. The lowest BCUT2D eigenvalue weighted by Crippen LogP contribution is -2.51. The number of rotatable bonds is 5. The fourth-order valence-corrected chi connectivity index (χ4v) is 2.35. The molecule has 22 heavy (non-hydrogen) atoms. The van der Waals surface area contributed by atoms with Crippen molar-refractivity contribution in [3.8, 4) is 0 Å². The summed E-state index contributed by atoms with van der Waals surface area (Å²) in [4.78, 5) is 18.8. The van der Waals surface area contributed by atoms with Gasteiger partial charge in [0.25, 0.3) is 0 Å². The number of amides is 2. The molecule has 2 rings (SSSR count). The van der Waals surface area contributed by atoms with Crippen LogP contribution in [0.2, 0.25) is 0 Å². The summed E-state index contributed by atoms with van der Waals surface area (Å²) >= 11 is 0. The molecular weight excluding hydrogens is 280 g/mol. The molecule has 124 valence electrons. The molecule has 0 saturated heterocycles. The van der Waals surface area contributed by atoms with Crippen LogP contribution in [-0.2, 0) is 13.0 Å². The number of hydrogen-bond acceptors (Lipinski definition) is 4. The van der Waals surface area contributed by atoms with Gasteiger partial charge in [0.05, 0.1) is 6.04 Å². The number of nitrogens with one attached hydrogen (secondary N) is 2. The molecule has 0 aromatic carbocycles. The fourth-order valence-electron chi connectivity index (χ4n) is 2.35. The first-order chi connectivity index (χ1) is 10.3. The summed E-state index contributed by atoms with van der Waals surface area (Å²) in [6.45, 7) is 7.71. The van der Waals surface area contributed by atoms with E-state index in [2.05, 4.69) is 39.5 Å². The molecule has 2 heterocycles. The summed E-state index contributed by atoms with van der Waals surface area (Å²) < 4.78 is 1.93. The van der Waals surface area contributed by atoms with Gasteiger partial charge < -0.3 is 15.5 Å². The van der Waals surface area contributed by atoms with E-state index in [9.17, 15) is 4.79 Å². The summed E-state index contributed by atoms with van der Waals surface area (Å²) in [5.74, 6) is 1.72. The van der Waals surface area contributed by atoms with Gasteiger partial charge in [0.2, 0.25) is 0 Å². The maximum absolute atomic E-state index is 12.2. The largest absolute Gasteiger partial charge is 0.336 e. The molecule has 0 spiro atoms. The van der Waals surface area contributed by atoms with Crippen LogP contribution in [0.3, 0.4) is 0 Å². The molecule has 0 saturated carbocycles. The zero-order valence-electron chi connectivity index (χ0n) is 14.3. The molecule has 0 fully saturated rings. The predicted molar refractivity (Wildman–Crippen MR) is 85.7 cm³/mol. The number of urea groups is 1. The van der Waals surface area contributed by atoms with Crippen LogP contribution in [-0.4, -0.2) is 51.9 Å². The summed E-state index contributed by atoms with van der Waals surface area (Å²) in [6, 6.07) is -0.196. The standard InChI is InChI=1S/C15H28N6O/c1-6-12-18-13-11(8-7-9-21(13)19-12)17-14(22)16-10-15(2,3)20(4)5/h11H,6-10H2,1-5H3,(H2,16,17,22). The van der Waals surface area contributed by atoms with Gasteiger partial charge in [-0.1, -0.05) is 6.92 Å². The monoisotopic (exact) mass is 308 g/mol. The lowest BCUT2D eigenvalue weighted by atomic mass is 10.0. The van der Waals surface area contributed by atoms with Gasteiger partial charge in [0.1, 0.15) is 5.82 Å². The maximum Gasteiger partial charge on any atom is 0.315 e. The Morgan fingerprint density at radius 3 is 2.82 bits per heavy atom. The zero-order valence-corrected chi connectivity index (χ0v) is 14.3. The molecule has 7 heteroatoms. The van der Waals surface area contributed by atoms with Crippen molar-refractivity contribution in [2.45, 2.75) is 58.2 Å². The molecular formula is C15H28N6O. The van der Waals surface area contributed by atoms with Crippen molar-refractivity contribution in [2.75, 3.05) is 20.6 Å². The van der Waals surface area contributed by atoms with Crippen LogP contribution in [0.5, 0.6) is 0 Å². The van der Waals surface area contributed by atoms with Gasteiger partial charge in [-0.3, -0.25) is 0 Å². The molecule has 0 radical (unpaired) electrons. The Kier molecular flexibility index (Phi) is 5.05. The first kappa shape index (κ1) is 16.7. The van der Waals surface area contributed by atoms with Gasteiger partial charge in [0, 0.05) is 25.0 Å². The van der Waals surface area contributed by atoms with Crippen molar-refractivity contribution in [1.29, 1.82) is 0 Å². The van der Waals surface area contributed by atoms with E-state index in [-0.39, 0.29) is 17.6 Å². The van der Waals surface area contributed by atoms with Crippen LogP contribution in [0.4, 0.5) is 4.79 Å². The first-order valence-electron chi connectivity index (χ1n) is 7.99. The number of aromatic nitrogens is 3. The summed E-state index contributed by atoms with van der Waals surface area (Å²) in [6.07, 6.45) is 2.73. The third-order valence-corrected chi connectivity index (χ3v) is 4.43. The lowest BCUT2D eigenvalue weighted by molar-refractivity contribution is 0.184. The van der Waals surface area contributed by atoms with E-state index in [4.69, 9.17) is 0 Å². The highest BCUT2D eigenvalue weighted by atomic mass is 16.2. The number of likely N-dealkylation sites (N-methyl/N-ethyl adjacent to an activating group) is 1. The van der Waals surface area contributed by atoms with Gasteiger partial charge >= 0.3 is 6.03 Å². The normalized spacial score (nSPS) is 18.2. The molecule has 1 unspecified atom stereocenters. The van der Waals surface area contributed by atoms with Crippen LogP contribution >= 0.6 is 0 Å². The maximum atomic E-state index is 12.2. The van der Waals surface area contributed by atoms with E-state index in [1.54, 1.807) is 0 Å². The molecule has 1 aromatic rings. The first-order valence-corrected chi connectivity index (χ1v) is 7.99. The summed E-state index contributed by atoms with van der Waals surface area (Å²) in [5.41, 5.74) is -0.0840. The summed E-state index contributed by atoms with van der Waals surface area (Å²) in [5, 5.41) is 10.4. The molecule has 0 bridgehead atoms. The van der Waals surface area contributed by atoms with E-state index in [1.165, 1.54) is 0 Å². The Bertz CT molecular complexity index is 522. The van der Waals surface area contributed by atoms with Crippen molar-refractivity contribution < 1.29 is 4.79 Å². The molecule has 1 atom stereocenters. The van der Waals surface area contributed by atoms with Crippen molar-refractivity contribution in [3.05, 3.63) is 11.6 Å². The van der Waals surface area contributed by atoms with Crippen molar-refractivity contribution in [1.82, 2.24) is 30.3 Å². The van der Waals surface area contributed by atoms with E-state index >= 15 is 0 Å². The van der Waals surface area contributed by atoms with Gasteiger partial charge in [0.15, 0.2) is 5.82 Å². The SMILES string of the molecule is CCc1nc2n(n1)CCCC2NC(=O)NCC(C)(C)N(C)C. The Labute approximate surface area is 132 Å². The van der Waals surface area contributed by atoms with E-state index in [0.29, 0.717) is 6.54 Å². The van der Waals surface area contributed by atoms with Gasteiger partial charge in [-0.05, 0) is 40.8 Å². The molecule has 2 amide bonds. The topological polar surface area (TPSA) is 75.1 Å². The van der Waals surface area contributed by atoms with Crippen LogP contribution in [0.1, 0.15) is 51.3 Å². The van der Waals surface area contributed by atoms with E-state index < -0.39 is 0 Å². The Hall–Kier alpha value is -1.63. The number of fused-ring (bicyclic) bond motifs is 1. The second-order valence-electron chi connectivity index (χ2n) is 6.69. The quantitative estimate of drug-likeness (QED) is 0.860. The Balaban J connectivity index is 1.94. The minimum absolute atomic E-state index is 0.0518. The third kappa shape index (κ3) is 3.76. The highest BCUT2D eigenvalue weighted by Gasteiger charge is 2.26. The van der Waals surface area contributed by atoms with Crippen LogP contribution in [0, 0.1) is 0 Å². The minimum atomic E-state index is -0.144. The van der Waals surface area contributed by atoms with Gasteiger partial charge in [-0.2, -0.15) is 5.10 Å². The number of hydrogen-bond donors (Lipinski definition) is 2. The van der Waals surface area contributed by atoms with E-state index in [0.717, 1.165) is 37.5 Å². The van der Waals surface area contributed by atoms with Gasteiger partial charge in [-0.15, -0.1) is 0 Å². The number of carbonyl (C=O) groups excluding carboxylic acids is 1.